The first-order chi connectivity index (χ1) is 35.5. The monoisotopic (exact) mass is 1070 g/mol. The van der Waals surface area contributed by atoms with Gasteiger partial charge in [-0.1, -0.05) is 60.7 Å². The Balaban J connectivity index is 1.21. The quantitative estimate of drug-likeness (QED) is 0.0521. The summed E-state index contributed by atoms with van der Waals surface area (Å²) in [5.41, 5.74) is 1.36. The van der Waals surface area contributed by atoms with Crippen LogP contribution in [-0.4, -0.2) is 276 Å². The summed E-state index contributed by atoms with van der Waals surface area (Å²) in [6.45, 7) is -5.24. The van der Waals surface area contributed by atoms with Crippen LogP contribution < -0.4 is 5.32 Å². The summed E-state index contributed by atoms with van der Waals surface area (Å²) < 4.78 is 65.2. The molecule has 7 rings (SSSR count). The van der Waals surface area contributed by atoms with Gasteiger partial charge in [-0.05, 0) is 11.1 Å². The summed E-state index contributed by atoms with van der Waals surface area (Å²) >= 11 is 0. The molecule has 0 spiro atoms. The Hall–Kier alpha value is -3.13. The highest BCUT2D eigenvalue weighted by atomic mass is 16.8. The Morgan fingerprint density at radius 1 is 0.486 bits per heavy atom. The minimum Gasteiger partial charge on any atom is -0.394 e. The molecule has 5 saturated heterocycles. The summed E-state index contributed by atoms with van der Waals surface area (Å²) in [6.07, 6.45) is -44.7. The van der Waals surface area contributed by atoms with Crippen LogP contribution in [0.4, 0.5) is 0 Å². The third-order valence-corrected chi connectivity index (χ3v) is 13.2. The Bertz CT molecular complexity index is 1980. The van der Waals surface area contributed by atoms with E-state index in [0.29, 0.717) is 5.56 Å². The molecule has 5 fully saturated rings. The van der Waals surface area contributed by atoms with Crippen molar-refractivity contribution in [3.05, 3.63) is 71.8 Å². The standard InChI is InChI=1S/C46H67NO27/c48-11-21(52)38-34(60)37(63)45(71-38)72-39-25(70-42(65-16-20-9-5-2-6-10-20)27(31(39)57)47-26(53)18-64-15-19-7-3-1-4-8-19)17-66-46-41(74-44-36(62)33(59)29(55)23(13-50)68-44)40(30(56)24(14-51)69-46)73-43-35(61)32(58)28(54)22(12-49)67-43/h1-10,21-25,27-46,48-52,54-63H,11-18H2,(H,47,53)/t21-,22+,23-,24-,25+,27-,28-,29+,30+,31+,32-,33+,34-,35+,36-,37-,38+,39+,40+,41-,42-,43-,44+,45+,46-/m1/s1. The number of rotatable bonds is 22. The van der Waals surface area contributed by atoms with E-state index >= 15 is 0 Å². The maximum Gasteiger partial charge on any atom is 0.246 e. The molecule has 5 aliphatic heterocycles. The predicted octanol–water partition coefficient (Wildman–Crippen LogP) is -8.36. The molecule has 5 aliphatic rings. The lowest BCUT2D eigenvalue weighted by molar-refractivity contribution is -0.395. The molecule has 0 radical (unpaired) electrons. The molecule has 2 aromatic carbocycles. The van der Waals surface area contributed by atoms with Gasteiger partial charge >= 0.3 is 0 Å². The van der Waals surface area contributed by atoms with Gasteiger partial charge in [-0.3, -0.25) is 4.79 Å². The molecule has 28 heteroatoms. The maximum atomic E-state index is 13.5. The van der Waals surface area contributed by atoms with Crippen molar-refractivity contribution in [2.75, 3.05) is 39.6 Å². The summed E-state index contributed by atoms with van der Waals surface area (Å²) in [5, 5.41) is 163. The molecule has 0 aromatic heterocycles. The third-order valence-electron chi connectivity index (χ3n) is 13.2. The van der Waals surface area contributed by atoms with E-state index in [-0.39, 0.29) is 13.2 Å². The lowest BCUT2D eigenvalue weighted by atomic mass is 9.95. The van der Waals surface area contributed by atoms with Crippen LogP contribution in [0.1, 0.15) is 11.1 Å². The van der Waals surface area contributed by atoms with Gasteiger partial charge in [-0.25, -0.2) is 0 Å². The second kappa shape index (κ2) is 27.0. The minimum absolute atomic E-state index is 0.0318. The van der Waals surface area contributed by atoms with Gasteiger partial charge in [0, 0.05) is 0 Å². The molecule has 16 N–H and O–H groups in total. The average molecular weight is 1070 g/mol. The van der Waals surface area contributed by atoms with Gasteiger partial charge in [0.1, 0.15) is 129 Å². The Morgan fingerprint density at radius 3 is 1.51 bits per heavy atom. The molecular weight excluding hydrogens is 998 g/mol. The van der Waals surface area contributed by atoms with Crippen molar-refractivity contribution in [2.45, 2.75) is 167 Å². The smallest absolute Gasteiger partial charge is 0.246 e. The number of nitrogens with one attached hydrogen (secondary N) is 1. The fourth-order valence-electron chi connectivity index (χ4n) is 9.03. The minimum atomic E-state index is -2.11. The molecule has 2 aromatic rings. The van der Waals surface area contributed by atoms with Gasteiger partial charge in [-0.2, -0.15) is 0 Å². The third kappa shape index (κ3) is 13.6. The number of benzene rings is 2. The molecule has 74 heavy (non-hydrogen) atoms. The molecule has 5 heterocycles. The number of hydrogen-bond donors (Lipinski definition) is 16. The van der Waals surface area contributed by atoms with E-state index in [9.17, 15) is 81.4 Å². The number of aliphatic hydroxyl groups excluding tert-OH is 15. The highest BCUT2D eigenvalue weighted by Crippen LogP contribution is 2.36. The van der Waals surface area contributed by atoms with Crippen LogP contribution in [0.25, 0.3) is 0 Å². The van der Waals surface area contributed by atoms with Gasteiger partial charge in [0.05, 0.1) is 46.2 Å². The SMILES string of the molecule is O=C(COCc1ccccc1)N[C@H]1[C@H](OCc2ccccc2)O[C@@H](CO[C@@H]2O[C@H](CO)[C@H](O)[C@H](O[C@H]3O[C@@H](CO)[C@@H](O)[C@@H](O)[C@@H]3O)[C@H]2O[C@@H]2O[C@H](CO)[C@H](O)[C@H](O)[C@H]2O)[C@H](O[C@@H]2O[C@@H]([C@H](O)CO)[C@H](O)[C@H]2O)[C@H]1O. The zero-order valence-electron chi connectivity index (χ0n) is 39.5. The van der Waals surface area contributed by atoms with Gasteiger partial charge in [0.15, 0.2) is 31.5 Å². The van der Waals surface area contributed by atoms with Crippen molar-refractivity contribution in [3.8, 4) is 0 Å². The first-order valence-corrected chi connectivity index (χ1v) is 23.8. The van der Waals surface area contributed by atoms with E-state index in [1.165, 1.54) is 0 Å². The number of ether oxygens (including phenoxy) is 11. The summed E-state index contributed by atoms with van der Waals surface area (Å²) in [5.74, 6) is -0.767. The van der Waals surface area contributed by atoms with Crippen LogP contribution >= 0.6 is 0 Å². The van der Waals surface area contributed by atoms with E-state index in [4.69, 9.17) is 52.1 Å². The van der Waals surface area contributed by atoms with Gasteiger partial charge < -0.3 is 134 Å². The second-order valence-corrected chi connectivity index (χ2v) is 18.3. The van der Waals surface area contributed by atoms with E-state index < -0.39 is 199 Å². The van der Waals surface area contributed by atoms with Crippen molar-refractivity contribution in [2.24, 2.45) is 0 Å². The number of carbonyl (C=O) groups excluding carboxylic acids is 1. The predicted molar refractivity (Wildman–Crippen MR) is 238 cm³/mol. The number of carbonyl (C=O) groups is 1. The van der Waals surface area contributed by atoms with E-state index in [1.54, 1.807) is 60.7 Å². The van der Waals surface area contributed by atoms with Gasteiger partial charge in [-0.15, -0.1) is 0 Å². The Morgan fingerprint density at radius 2 is 0.959 bits per heavy atom. The molecule has 418 valence electrons. The summed E-state index contributed by atoms with van der Waals surface area (Å²) in [6, 6.07) is 16.0. The largest absolute Gasteiger partial charge is 0.394 e. The fraction of sp³-hybridized carbons (Fsp3) is 0.717. The lowest BCUT2D eigenvalue weighted by Gasteiger charge is -2.49. The highest BCUT2D eigenvalue weighted by molar-refractivity contribution is 5.77. The Labute approximate surface area is 422 Å². The summed E-state index contributed by atoms with van der Waals surface area (Å²) in [7, 11) is 0. The van der Waals surface area contributed by atoms with Crippen molar-refractivity contribution >= 4 is 5.91 Å². The van der Waals surface area contributed by atoms with Crippen molar-refractivity contribution in [3.63, 3.8) is 0 Å². The first kappa shape index (κ1) is 58.6. The molecule has 28 nitrogen and oxygen atoms in total. The van der Waals surface area contributed by atoms with Crippen LogP contribution in [-0.2, 0) is 70.1 Å². The van der Waals surface area contributed by atoms with Gasteiger partial charge in [0.2, 0.25) is 5.91 Å². The topological polar surface area (TPSA) is 434 Å². The second-order valence-electron chi connectivity index (χ2n) is 18.3. The zero-order chi connectivity index (χ0) is 53.4. The van der Waals surface area contributed by atoms with Crippen molar-refractivity contribution in [1.82, 2.24) is 5.32 Å². The van der Waals surface area contributed by atoms with Crippen LogP contribution in [0.5, 0.6) is 0 Å². The molecule has 0 saturated carbocycles. The zero-order valence-corrected chi connectivity index (χ0v) is 39.5. The summed E-state index contributed by atoms with van der Waals surface area (Å²) in [4.78, 5) is 13.5. The van der Waals surface area contributed by atoms with E-state index in [2.05, 4.69) is 5.32 Å². The maximum absolute atomic E-state index is 13.5. The van der Waals surface area contributed by atoms with Gasteiger partial charge in [0.25, 0.3) is 0 Å². The molecular formula is C46H67NO27. The van der Waals surface area contributed by atoms with E-state index in [0.717, 1.165) is 5.56 Å². The Kier molecular flexibility index (Phi) is 21.3. The normalized spacial score (nSPS) is 42.2. The molecule has 0 bridgehead atoms. The number of aliphatic hydroxyl groups is 15. The number of hydrogen-bond acceptors (Lipinski definition) is 27. The first-order valence-electron chi connectivity index (χ1n) is 23.8. The molecule has 0 unspecified atom stereocenters. The highest BCUT2D eigenvalue weighted by Gasteiger charge is 2.57. The van der Waals surface area contributed by atoms with Crippen molar-refractivity contribution < 1.29 is 133 Å². The van der Waals surface area contributed by atoms with Crippen LogP contribution in [0.15, 0.2) is 60.7 Å². The number of amides is 1. The van der Waals surface area contributed by atoms with Crippen LogP contribution in [0, 0.1) is 0 Å². The lowest BCUT2D eigenvalue weighted by Crippen LogP contribution is -2.68. The molecule has 0 aliphatic carbocycles. The van der Waals surface area contributed by atoms with Crippen molar-refractivity contribution in [1.29, 1.82) is 0 Å². The average Bonchev–Trinajstić information content (AvgIpc) is 3.69. The molecule has 25 atom stereocenters. The molecule has 1 amide bonds. The van der Waals surface area contributed by atoms with Crippen LogP contribution in [0.2, 0.25) is 0 Å². The van der Waals surface area contributed by atoms with Crippen LogP contribution in [0.3, 0.4) is 0 Å². The van der Waals surface area contributed by atoms with E-state index in [1.807, 2.05) is 0 Å². The fourth-order valence-corrected chi connectivity index (χ4v) is 9.03.